The van der Waals surface area contributed by atoms with Crippen LogP contribution >= 0.6 is 0 Å². The summed E-state index contributed by atoms with van der Waals surface area (Å²) in [7, 11) is 1.52. The molecular weight excluding hydrogens is 356 g/mol. The molecule has 0 aliphatic rings. The van der Waals surface area contributed by atoms with Crippen LogP contribution in [0.4, 0.5) is 0 Å². The van der Waals surface area contributed by atoms with Gasteiger partial charge in [0.1, 0.15) is 0 Å². The van der Waals surface area contributed by atoms with Gasteiger partial charge in [0.25, 0.3) is 5.71 Å². The Kier molecular flexibility index (Phi) is 4.53. The standard InChI is InChI=1S/C22H18N2O4/c1-13-8-10-15(11-9-13)17-12-16(20-14(2)24-28-21(20)23-17)22(25)27-19-7-5-4-6-18(19)26-3/h4-12H,1-3H3. The van der Waals surface area contributed by atoms with Gasteiger partial charge >= 0.3 is 5.97 Å². The summed E-state index contributed by atoms with van der Waals surface area (Å²) in [6.07, 6.45) is 0. The monoisotopic (exact) mass is 374 g/mol. The highest BCUT2D eigenvalue weighted by molar-refractivity contribution is 6.05. The first-order valence-corrected chi connectivity index (χ1v) is 8.76. The molecule has 0 saturated heterocycles. The molecule has 4 aromatic rings. The average molecular weight is 374 g/mol. The van der Waals surface area contributed by atoms with E-state index >= 15 is 0 Å². The molecular formula is C22H18N2O4. The second-order valence-electron chi connectivity index (χ2n) is 6.41. The smallest absolute Gasteiger partial charge is 0.344 e. The van der Waals surface area contributed by atoms with Gasteiger partial charge in [-0.15, -0.1) is 0 Å². The summed E-state index contributed by atoms with van der Waals surface area (Å²) in [4.78, 5) is 17.5. The summed E-state index contributed by atoms with van der Waals surface area (Å²) in [5, 5.41) is 4.50. The van der Waals surface area contributed by atoms with Crippen molar-refractivity contribution in [2.24, 2.45) is 0 Å². The van der Waals surface area contributed by atoms with Crippen LogP contribution in [0.25, 0.3) is 22.4 Å². The maximum absolute atomic E-state index is 13.0. The first-order chi connectivity index (χ1) is 13.6. The number of carbonyl (C=O) groups is 1. The normalized spacial score (nSPS) is 10.8. The van der Waals surface area contributed by atoms with Crippen molar-refractivity contribution in [1.82, 2.24) is 10.1 Å². The van der Waals surface area contributed by atoms with Crippen LogP contribution in [0.2, 0.25) is 0 Å². The molecule has 0 amide bonds. The number of esters is 1. The molecule has 0 unspecified atom stereocenters. The summed E-state index contributed by atoms with van der Waals surface area (Å²) < 4.78 is 16.2. The van der Waals surface area contributed by atoms with Gasteiger partial charge in [-0.05, 0) is 32.0 Å². The van der Waals surface area contributed by atoms with E-state index in [0.717, 1.165) is 11.1 Å². The number of aryl methyl sites for hydroxylation is 2. The summed E-state index contributed by atoms with van der Waals surface area (Å²) in [6, 6.07) is 16.6. The minimum atomic E-state index is -0.531. The fraction of sp³-hybridized carbons (Fsp3) is 0.136. The number of aromatic nitrogens is 2. The van der Waals surface area contributed by atoms with Crippen LogP contribution < -0.4 is 9.47 Å². The van der Waals surface area contributed by atoms with Crippen LogP contribution in [0.3, 0.4) is 0 Å². The van der Waals surface area contributed by atoms with Crippen LogP contribution in [0, 0.1) is 13.8 Å². The molecule has 6 heteroatoms. The molecule has 2 aromatic carbocycles. The van der Waals surface area contributed by atoms with Gasteiger partial charge in [-0.25, -0.2) is 9.78 Å². The van der Waals surface area contributed by atoms with Crippen LogP contribution in [-0.2, 0) is 0 Å². The highest BCUT2D eigenvalue weighted by Crippen LogP contribution is 2.30. The topological polar surface area (TPSA) is 74.5 Å². The molecule has 0 bridgehead atoms. The molecule has 0 N–H and O–H groups in total. The van der Waals surface area contributed by atoms with Crippen LogP contribution in [-0.4, -0.2) is 23.2 Å². The SMILES string of the molecule is COc1ccccc1OC(=O)c1cc(-c2ccc(C)cc2)nc2onc(C)c12. The Morgan fingerprint density at radius 3 is 2.43 bits per heavy atom. The predicted octanol–water partition coefficient (Wildman–Crippen LogP) is 4.73. The van der Waals surface area contributed by atoms with Crippen molar-refractivity contribution < 1.29 is 18.8 Å². The van der Waals surface area contributed by atoms with Crippen LogP contribution in [0.1, 0.15) is 21.6 Å². The van der Waals surface area contributed by atoms with Gasteiger partial charge in [-0.1, -0.05) is 47.1 Å². The first-order valence-electron chi connectivity index (χ1n) is 8.76. The van der Waals surface area contributed by atoms with E-state index in [1.165, 1.54) is 7.11 Å². The lowest BCUT2D eigenvalue weighted by Gasteiger charge is -2.10. The number of ether oxygens (including phenoxy) is 2. The molecule has 2 aromatic heterocycles. The van der Waals surface area contributed by atoms with Gasteiger partial charge in [0.15, 0.2) is 11.5 Å². The second kappa shape index (κ2) is 7.15. The number of para-hydroxylation sites is 2. The lowest BCUT2D eigenvalue weighted by atomic mass is 10.0. The van der Waals surface area contributed by atoms with Crippen molar-refractivity contribution >= 4 is 17.1 Å². The van der Waals surface area contributed by atoms with Crippen LogP contribution in [0.15, 0.2) is 59.1 Å². The predicted molar refractivity (Wildman–Crippen MR) is 105 cm³/mol. The van der Waals surface area contributed by atoms with Crippen molar-refractivity contribution in [1.29, 1.82) is 0 Å². The van der Waals surface area contributed by atoms with E-state index in [1.54, 1.807) is 37.3 Å². The van der Waals surface area contributed by atoms with Gasteiger partial charge in [0.2, 0.25) is 0 Å². The molecule has 0 fully saturated rings. The molecule has 0 spiro atoms. The number of hydrogen-bond donors (Lipinski definition) is 0. The molecule has 28 heavy (non-hydrogen) atoms. The summed E-state index contributed by atoms with van der Waals surface area (Å²) >= 11 is 0. The maximum atomic E-state index is 13.0. The number of methoxy groups -OCH3 is 1. The molecule has 140 valence electrons. The Bertz CT molecular complexity index is 1160. The average Bonchev–Trinajstić information content (AvgIpc) is 3.09. The number of rotatable bonds is 4. The van der Waals surface area contributed by atoms with Crippen molar-refractivity contribution in [2.75, 3.05) is 7.11 Å². The Morgan fingerprint density at radius 1 is 1.00 bits per heavy atom. The minimum absolute atomic E-state index is 0.294. The van der Waals surface area contributed by atoms with Crippen LogP contribution in [0.5, 0.6) is 11.5 Å². The molecule has 4 rings (SSSR count). The van der Waals surface area contributed by atoms with Gasteiger partial charge < -0.3 is 14.0 Å². The molecule has 0 radical (unpaired) electrons. The lowest BCUT2D eigenvalue weighted by Crippen LogP contribution is -2.10. The molecule has 0 saturated carbocycles. The van der Waals surface area contributed by atoms with E-state index in [4.69, 9.17) is 14.0 Å². The number of carbonyl (C=O) groups excluding carboxylic acids is 1. The number of hydrogen-bond acceptors (Lipinski definition) is 6. The third kappa shape index (κ3) is 3.20. The van der Waals surface area contributed by atoms with Crippen molar-refractivity contribution in [3.8, 4) is 22.8 Å². The quantitative estimate of drug-likeness (QED) is 0.380. The Balaban J connectivity index is 1.81. The highest BCUT2D eigenvalue weighted by Gasteiger charge is 2.22. The maximum Gasteiger partial charge on any atom is 0.344 e. The van der Waals surface area contributed by atoms with E-state index in [2.05, 4.69) is 10.1 Å². The summed E-state index contributed by atoms with van der Waals surface area (Å²) in [5.74, 6) is 0.282. The Morgan fingerprint density at radius 2 is 1.71 bits per heavy atom. The van der Waals surface area contributed by atoms with Crippen molar-refractivity contribution in [3.05, 3.63) is 71.4 Å². The van der Waals surface area contributed by atoms with Gasteiger partial charge in [-0.2, -0.15) is 0 Å². The Hall–Kier alpha value is -3.67. The zero-order valence-electron chi connectivity index (χ0n) is 15.7. The third-order valence-electron chi connectivity index (χ3n) is 4.46. The molecule has 0 aliphatic carbocycles. The zero-order valence-corrected chi connectivity index (χ0v) is 15.7. The first kappa shape index (κ1) is 17.7. The Labute approximate surface area is 161 Å². The summed E-state index contributed by atoms with van der Waals surface area (Å²) in [5.41, 5.74) is 3.82. The largest absolute Gasteiger partial charge is 0.493 e. The van der Waals surface area contributed by atoms with Crippen molar-refractivity contribution in [2.45, 2.75) is 13.8 Å². The van der Waals surface area contributed by atoms with E-state index in [9.17, 15) is 4.79 Å². The second-order valence-corrected chi connectivity index (χ2v) is 6.41. The summed E-state index contributed by atoms with van der Waals surface area (Å²) in [6.45, 7) is 3.77. The van der Waals surface area contributed by atoms with Gasteiger partial charge in [0, 0.05) is 5.56 Å². The molecule has 6 nitrogen and oxygen atoms in total. The fourth-order valence-electron chi connectivity index (χ4n) is 2.99. The van der Waals surface area contributed by atoms with Crippen molar-refractivity contribution in [3.63, 3.8) is 0 Å². The molecule has 0 aliphatic heterocycles. The number of fused-ring (bicyclic) bond motifs is 1. The molecule has 0 atom stereocenters. The number of benzene rings is 2. The van der Waals surface area contributed by atoms with E-state index in [1.807, 2.05) is 31.2 Å². The van der Waals surface area contributed by atoms with E-state index < -0.39 is 5.97 Å². The van der Waals surface area contributed by atoms with E-state index in [0.29, 0.717) is 39.6 Å². The lowest BCUT2D eigenvalue weighted by molar-refractivity contribution is 0.0731. The third-order valence-corrected chi connectivity index (χ3v) is 4.46. The number of nitrogens with zero attached hydrogens (tertiary/aromatic N) is 2. The fourth-order valence-corrected chi connectivity index (χ4v) is 2.99. The van der Waals surface area contributed by atoms with Gasteiger partial charge in [0.05, 0.1) is 29.4 Å². The zero-order chi connectivity index (χ0) is 19.7. The highest BCUT2D eigenvalue weighted by atomic mass is 16.6. The van der Waals surface area contributed by atoms with Gasteiger partial charge in [-0.3, -0.25) is 0 Å². The van der Waals surface area contributed by atoms with E-state index in [-0.39, 0.29) is 0 Å². The minimum Gasteiger partial charge on any atom is -0.493 e. The molecule has 2 heterocycles. The number of pyridine rings is 1.